The second-order valence-corrected chi connectivity index (χ2v) is 9.19. The molecule has 1 saturated heterocycles. The Labute approximate surface area is 193 Å². The van der Waals surface area contributed by atoms with Crippen LogP contribution in [0.15, 0.2) is 48.5 Å². The molecule has 0 saturated carbocycles. The number of nitrogens with one attached hydrogen (secondary N) is 1. The van der Waals surface area contributed by atoms with Gasteiger partial charge in [-0.2, -0.15) is 0 Å². The molecule has 0 bridgehead atoms. The van der Waals surface area contributed by atoms with Crippen LogP contribution in [0.5, 0.6) is 0 Å². The number of carbonyl (C=O) groups excluding carboxylic acids is 2. The smallest absolute Gasteiger partial charge is 0.407 e. The van der Waals surface area contributed by atoms with Crippen LogP contribution >= 0.6 is 0 Å². The summed E-state index contributed by atoms with van der Waals surface area (Å²) in [5.74, 6) is -1.22. The fraction of sp³-hybridized carbons (Fsp3) is 0.423. The second-order valence-electron chi connectivity index (χ2n) is 9.19. The minimum absolute atomic E-state index is 0.0571. The normalized spacial score (nSPS) is 20.1. The number of carboxylic acids is 1. The Bertz CT molecular complexity index is 1020. The lowest BCUT2D eigenvalue weighted by Crippen LogP contribution is -2.49. The summed E-state index contributed by atoms with van der Waals surface area (Å²) in [6.07, 6.45) is 0.925. The van der Waals surface area contributed by atoms with E-state index in [1.807, 2.05) is 31.2 Å². The van der Waals surface area contributed by atoms with E-state index >= 15 is 0 Å². The van der Waals surface area contributed by atoms with Gasteiger partial charge in [0.2, 0.25) is 5.91 Å². The predicted octanol–water partition coefficient (Wildman–Crippen LogP) is 4.02. The highest BCUT2D eigenvalue weighted by Gasteiger charge is 2.43. The molecule has 7 nitrogen and oxygen atoms in total. The Morgan fingerprint density at radius 3 is 2.27 bits per heavy atom. The third-order valence-corrected chi connectivity index (χ3v) is 6.81. The van der Waals surface area contributed by atoms with Gasteiger partial charge in [0.05, 0.1) is 5.41 Å². The monoisotopic (exact) mass is 450 g/mol. The SMILES string of the molecule is CCC[C@@H](NC(=O)OCC1c2ccccc2-c2ccccc21)C(=O)N1CCC(C)(C(=O)O)C1. The van der Waals surface area contributed by atoms with Crippen LogP contribution in [0.2, 0.25) is 0 Å². The van der Waals surface area contributed by atoms with Crippen LogP contribution in [-0.4, -0.2) is 53.7 Å². The van der Waals surface area contributed by atoms with Crippen molar-refractivity contribution in [3.05, 3.63) is 59.7 Å². The quantitative estimate of drug-likeness (QED) is 0.664. The van der Waals surface area contributed by atoms with Gasteiger partial charge < -0.3 is 20.1 Å². The molecule has 2 aliphatic rings. The number of alkyl carbamates (subject to hydrolysis) is 1. The van der Waals surface area contributed by atoms with E-state index in [4.69, 9.17) is 4.74 Å². The van der Waals surface area contributed by atoms with Crippen molar-refractivity contribution in [1.29, 1.82) is 0 Å². The summed E-state index contributed by atoms with van der Waals surface area (Å²) >= 11 is 0. The van der Waals surface area contributed by atoms with Crippen LogP contribution < -0.4 is 5.32 Å². The summed E-state index contributed by atoms with van der Waals surface area (Å²) in [6, 6.07) is 15.5. The molecule has 7 heteroatoms. The van der Waals surface area contributed by atoms with E-state index < -0.39 is 23.5 Å². The number of ether oxygens (including phenoxy) is 1. The van der Waals surface area contributed by atoms with Crippen LogP contribution in [0.1, 0.15) is 50.2 Å². The number of carboxylic acid groups (broad SMARTS) is 1. The molecule has 0 aromatic heterocycles. The van der Waals surface area contributed by atoms with Crippen molar-refractivity contribution in [2.24, 2.45) is 5.41 Å². The van der Waals surface area contributed by atoms with Gasteiger partial charge in [-0.1, -0.05) is 61.9 Å². The van der Waals surface area contributed by atoms with Crippen molar-refractivity contribution < 1.29 is 24.2 Å². The third-order valence-electron chi connectivity index (χ3n) is 6.81. The van der Waals surface area contributed by atoms with Gasteiger partial charge in [-0.15, -0.1) is 0 Å². The number of nitrogens with zero attached hydrogens (tertiary/aromatic N) is 1. The van der Waals surface area contributed by atoms with Crippen molar-refractivity contribution >= 4 is 18.0 Å². The van der Waals surface area contributed by atoms with E-state index in [1.54, 1.807) is 6.92 Å². The molecule has 2 aromatic carbocycles. The van der Waals surface area contributed by atoms with Crippen LogP contribution in [0.4, 0.5) is 4.79 Å². The predicted molar refractivity (Wildman–Crippen MR) is 124 cm³/mol. The minimum atomic E-state index is -0.948. The zero-order valence-corrected chi connectivity index (χ0v) is 19.0. The minimum Gasteiger partial charge on any atom is -0.481 e. The zero-order chi connectivity index (χ0) is 23.6. The lowest BCUT2D eigenvalue weighted by molar-refractivity contribution is -0.147. The van der Waals surface area contributed by atoms with E-state index in [0.29, 0.717) is 25.8 Å². The lowest BCUT2D eigenvalue weighted by atomic mass is 9.90. The molecule has 1 heterocycles. The van der Waals surface area contributed by atoms with Gasteiger partial charge in [-0.05, 0) is 42.0 Å². The van der Waals surface area contributed by atoms with Crippen molar-refractivity contribution in [3.8, 4) is 11.1 Å². The molecule has 1 unspecified atom stereocenters. The summed E-state index contributed by atoms with van der Waals surface area (Å²) in [4.78, 5) is 38.8. The number of likely N-dealkylation sites (tertiary alicyclic amines) is 1. The fourth-order valence-electron chi connectivity index (χ4n) is 4.87. The van der Waals surface area contributed by atoms with Crippen molar-refractivity contribution in [3.63, 3.8) is 0 Å². The number of aliphatic carboxylic acids is 1. The molecule has 174 valence electrons. The number of fused-ring (bicyclic) bond motifs is 3. The number of benzene rings is 2. The lowest BCUT2D eigenvalue weighted by Gasteiger charge is -2.25. The summed E-state index contributed by atoms with van der Waals surface area (Å²) in [5.41, 5.74) is 3.60. The van der Waals surface area contributed by atoms with Gasteiger partial charge >= 0.3 is 12.1 Å². The Kier molecular flexibility index (Phi) is 6.40. The van der Waals surface area contributed by atoms with Gasteiger partial charge in [0.1, 0.15) is 12.6 Å². The molecule has 4 rings (SSSR count). The summed E-state index contributed by atoms with van der Waals surface area (Å²) in [7, 11) is 0. The van der Waals surface area contributed by atoms with E-state index in [9.17, 15) is 19.5 Å². The van der Waals surface area contributed by atoms with Gasteiger partial charge in [0.15, 0.2) is 0 Å². The van der Waals surface area contributed by atoms with Crippen molar-refractivity contribution in [2.75, 3.05) is 19.7 Å². The highest BCUT2D eigenvalue weighted by atomic mass is 16.5. The first-order valence-corrected chi connectivity index (χ1v) is 11.5. The van der Waals surface area contributed by atoms with E-state index in [2.05, 4.69) is 29.6 Å². The average Bonchev–Trinajstić information content (AvgIpc) is 3.36. The fourth-order valence-corrected chi connectivity index (χ4v) is 4.87. The van der Waals surface area contributed by atoms with E-state index in [-0.39, 0.29) is 25.0 Å². The topological polar surface area (TPSA) is 95.9 Å². The Morgan fingerprint density at radius 2 is 1.73 bits per heavy atom. The molecular weight excluding hydrogens is 420 g/mol. The number of amides is 2. The van der Waals surface area contributed by atoms with Crippen LogP contribution in [0.25, 0.3) is 11.1 Å². The maximum Gasteiger partial charge on any atom is 0.407 e. The molecular formula is C26H30N2O5. The number of hydrogen-bond acceptors (Lipinski definition) is 4. The molecule has 0 spiro atoms. The molecule has 2 aromatic rings. The number of hydrogen-bond donors (Lipinski definition) is 2. The highest BCUT2D eigenvalue weighted by molar-refractivity contribution is 5.87. The van der Waals surface area contributed by atoms with E-state index in [1.165, 1.54) is 4.90 Å². The average molecular weight is 451 g/mol. The zero-order valence-electron chi connectivity index (χ0n) is 19.0. The summed E-state index contributed by atoms with van der Waals surface area (Å²) in [6.45, 7) is 4.27. The van der Waals surface area contributed by atoms with E-state index in [0.717, 1.165) is 22.3 Å². The molecule has 0 radical (unpaired) electrons. The Morgan fingerprint density at radius 1 is 1.12 bits per heavy atom. The van der Waals surface area contributed by atoms with Gasteiger partial charge in [0, 0.05) is 19.0 Å². The molecule has 1 fully saturated rings. The molecule has 2 amide bonds. The third kappa shape index (κ3) is 4.45. The Hall–Kier alpha value is -3.35. The standard InChI is InChI=1S/C26H30N2O5/c1-3-8-22(23(29)28-14-13-26(2,16-28)24(30)31)27-25(32)33-15-21-19-11-6-4-9-17(19)18-10-5-7-12-20(18)21/h4-7,9-12,21-22H,3,8,13-16H2,1-2H3,(H,27,32)(H,30,31)/t22-,26?/m1/s1. The first-order valence-electron chi connectivity index (χ1n) is 11.5. The highest BCUT2D eigenvalue weighted by Crippen LogP contribution is 2.44. The van der Waals surface area contributed by atoms with Crippen LogP contribution in [-0.2, 0) is 14.3 Å². The first kappa shape index (κ1) is 22.8. The number of carbonyl (C=O) groups is 3. The van der Waals surface area contributed by atoms with Gasteiger partial charge in [0.25, 0.3) is 0 Å². The molecule has 1 aliphatic heterocycles. The van der Waals surface area contributed by atoms with Crippen LogP contribution in [0, 0.1) is 5.41 Å². The summed E-state index contributed by atoms with van der Waals surface area (Å²) < 4.78 is 5.59. The maximum atomic E-state index is 13.0. The summed E-state index contributed by atoms with van der Waals surface area (Å²) in [5, 5.41) is 12.2. The molecule has 2 N–H and O–H groups in total. The first-order chi connectivity index (χ1) is 15.8. The maximum absolute atomic E-state index is 13.0. The second kappa shape index (κ2) is 9.25. The van der Waals surface area contributed by atoms with Crippen LogP contribution in [0.3, 0.4) is 0 Å². The van der Waals surface area contributed by atoms with Gasteiger partial charge in [-0.3, -0.25) is 9.59 Å². The molecule has 2 atom stereocenters. The molecule has 33 heavy (non-hydrogen) atoms. The number of rotatable bonds is 7. The van der Waals surface area contributed by atoms with Crippen molar-refractivity contribution in [1.82, 2.24) is 10.2 Å². The molecule has 1 aliphatic carbocycles. The van der Waals surface area contributed by atoms with Crippen molar-refractivity contribution in [2.45, 2.75) is 45.1 Å². The van der Waals surface area contributed by atoms with Gasteiger partial charge in [-0.25, -0.2) is 4.79 Å². The largest absolute Gasteiger partial charge is 0.481 e. The Balaban J connectivity index is 1.40.